The quantitative estimate of drug-likeness (QED) is 0.763. The second kappa shape index (κ2) is 6.76. The van der Waals surface area contributed by atoms with Gasteiger partial charge in [-0.3, -0.25) is 4.79 Å². The third-order valence-corrected chi connectivity index (χ3v) is 4.30. The van der Waals surface area contributed by atoms with E-state index in [9.17, 15) is 4.79 Å². The monoisotopic (exact) mass is 285 g/mol. The lowest BCUT2D eigenvalue weighted by Gasteiger charge is -2.11. The number of hydrogen-bond acceptors (Lipinski definition) is 2. The first-order valence-corrected chi connectivity index (χ1v) is 7.88. The zero-order valence-corrected chi connectivity index (χ0v) is 12.3. The Morgan fingerprint density at radius 3 is 2.90 bits per heavy atom. The molecule has 0 bridgehead atoms. The first-order valence-electron chi connectivity index (χ1n) is 7.88. The molecule has 0 atom stereocenters. The highest BCUT2D eigenvalue weighted by Gasteiger charge is 2.15. The second-order valence-electron chi connectivity index (χ2n) is 5.82. The molecule has 0 saturated heterocycles. The van der Waals surface area contributed by atoms with Crippen LogP contribution in [0.1, 0.15) is 31.2 Å². The number of rotatable bonds is 6. The first-order chi connectivity index (χ1) is 10.3. The number of para-hydroxylation sites is 1. The van der Waals surface area contributed by atoms with Crippen molar-refractivity contribution in [2.45, 2.75) is 38.1 Å². The van der Waals surface area contributed by atoms with Gasteiger partial charge in [0.05, 0.1) is 6.54 Å². The Kier molecular flexibility index (Phi) is 4.55. The van der Waals surface area contributed by atoms with Crippen LogP contribution in [0, 0.1) is 0 Å². The topological polar surface area (TPSA) is 56.9 Å². The Bertz CT molecular complexity index is 599. The van der Waals surface area contributed by atoms with Crippen molar-refractivity contribution >= 4 is 16.8 Å². The zero-order valence-electron chi connectivity index (χ0n) is 12.3. The lowest BCUT2D eigenvalue weighted by atomic mass is 10.1. The Balaban J connectivity index is 1.42. The number of benzene rings is 1. The summed E-state index contributed by atoms with van der Waals surface area (Å²) in [6, 6.07) is 8.81. The van der Waals surface area contributed by atoms with Crippen molar-refractivity contribution in [3.05, 3.63) is 36.0 Å². The molecule has 0 radical (unpaired) electrons. The SMILES string of the molecule is O=C(CNC1CCCC1)NCCc1c[nH]c2ccccc12. The molecule has 1 aliphatic rings. The van der Waals surface area contributed by atoms with E-state index >= 15 is 0 Å². The van der Waals surface area contributed by atoms with Gasteiger partial charge >= 0.3 is 0 Å². The number of fused-ring (bicyclic) bond motifs is 1. The van der Waals surface area contributed by atoms with Gasteiger partial charge in [0.15, 0.2) is 0 Å². The van der Waals surface area contributed by atoms with Gasteiger partial charge in [-0.1, -0.05) is 31.0 Å². The molecule has 1 fully saturated rings. The number of amides is 1. The summed E-state index contributed by atoms with van der Waals surface area (Å²) in [6.45, 7) is 1.13. The minimum absolute atomic E-state index is 0.0988. The molecule has 1 saturated carbocycles. The van der Waals surface area contributed by atoms with Gasteiger partial charge in [0.1, 0.15) is 0 Å². The summed E-state index contributed by atoms with van der Waals surface area (Å²) in [5, 5.41) is 7.58. The van der Waals surface area contributed by atoms with E-state index in [-0.39, 0.29) is 5.91 Å². The van der Waals surface area contributed by atoms with Crippen LogP contribution < -0.4 is 10.6 Å². The molecule has 4 nitrogen and oxygen atoms in total. The molecule has 112 valence electrons. The Morgan fingerprint density at radius 2 is 2.05 bits per heavy atom. The van der Waals surface area contributed by atoms with Crippen LogP contribution in [0.25, 0.3) is 10.9 Å². The van der Waals surface area contributed by atoms with E-state index in [4.69, 9.17) is 0 Å². The van der Waals surface area contributed by atoms with Gasteiger partial charge < -0.3 is 15.6 Å². The lowest BCUT2D eigenvalue weighted by molar-refractivity contribution is -0.120. The molecule has 1 amide bonds. The Labute approximate surface area is 125 Å². The summed E-state index contributed by atoms with van der Waals surface area (Å²) >= 11 is 0. The van der Waals surface area contributed by atoms with E-state index in [1.807, 2.05) is 18.3 Å². The van der Waals surface area contributed by atoms with Gasteiger partial charge in [-0.25, -0.2) is 0 Å². The number of aromatic amines is 1. The number of carbonyl (C=O) groups excluding carboxylic acids is 1. The van der Waals surface area contributed by atoms with E-state index in [0.29, 0.717) is 19.1 Å². The predicted octanol–water partition coefficient (Wildman–Crippen LogP) is 2.36. The second-order valence-corrected chi connectivity index (χ2v) is 5.82. The van der Waals surface area contributed by atoms with Crippen molar-refractivity contribution in [1.29, 1.82) is 0 Å². The Hall–Kier alpha value is -1.81. The van der Waals surface area contributed by atoms with Crippen molar-refractivity contribution in [3.63, 3.8) is 0 Å². The molecule has 21 heavy (non-hydrogen) atoms. The van der Waals surface area contributed by atoms with Crippen LogP contribution in [0.15, 0.2) is 30.5 Å². The standard InChI is InChI=1S/C17H23N3O/c21-17(12-19-14-5-1-2-6-14)18-10-9-13-11-20-16-8-4-3-7-15(13)16/h3-4,7-8,11,14,19-20H,1-2,5-6,9-10,12H2,(H,18,21). The molecule has 1 aromatic heterocycles. The molecular formula is C17H23N3O. The average Bonchev–Trinajstić information content (AvgIpc) is 3.15. The molecule has 1 heterocycles. The summed E-state index contributed by atoms with van der Waals surface area (Å²) < 4.78 is 0. The number of hydrogen-bond donors (Lipinski definition) is 3. The molecule has 3 N–H and O–H groups in total. The van der Waals surface area contributed by atoms with Crippen LogP contribution in [-0.2, 0) is 11.2 Å². The molecule has 1 aliphatic carbocycles. The van der Waals surface area contributed by atoms with Gasteiger partial charge in [0.2, 0.25) is 5.91 Å². The number of aromatic nitrogens is 1. The van der Waals surface area contributed by atoms with Crippen LogP contribution >= 0.6 is 0 Å². The molecule has 1 aromatic carbocycles. The largest absolute Gasteiger partial charge is 0.361 e. The van der Waals surface area contributed by atoms with Gasteiger partial charge in [0, 0.05) is 29.7 Å². The number of nitrogens with one attached hydrogen (secondary N) is 3. The number of carbonyl (C=O) groups is 1. The summed E-state index contributed by atoms with van der Waals surface area (Å²) in [6.07, 6.45) is 7.90. The highest BCUT2D eigenvalue weighted by atomic mass is 16.1. The summed E-state index contributed by atoms with van der Waals surface area (Å²) in [4.78, 5) is 15.1. The fraction of sp³-hybridized carbons (Fsp3) is 0.471. The predicted molar refractivity (Wildman–Crippen MR) is 85.3 cm³/mol. The summed E-state index contributed by atoms with van der Waals surface area (Å²) in [7, 11) is 0. The van der Waals surface area contributed by atoms with Crippen LogP contribution in [0.3, 0.4) is 0 Å². The summed E-state index contributed by atoms with van der Waals surface area (Å²) in [5.41, 5.74) is 2.41. The van der Waals surface area contributed by atoms with Gasteiger partial charge in [-0.2, -0.15) is 0 Å². The Morgan fingerprint density at radius 1 is 1.24 bits per heavy atom. The summed E-state index contributed by atoms with van der Waals surface area (Å²) in [5.74, 6) is 0.0988. The maximum absolute atomic E-state index is 11.8. The lowest BCUT2D eigenvalue weighted by Crippen LogP contribution is -2.38. The highest BCUT2D eigenvalue weighted by molar-refractivity contribution is 5.83. The fourth-order valence-electron chi connectivity index (χ4n) is 3.10. The van der Waals surface area contributed by atoms with Crippen LogP contribution in [0.2, 0.25) is 0 Å². The van der Waals surface area contributed by atoms with E-state index in [0.717, 1.165) is 11.9 Å². The van der Waals surface area contributed by atoms with Crippen molar-refractivity contribution in [2.24, 2.45) is 0 Å². The molecule has 2 aromatic rings. The van der Waals surface area contributed by atoms with Gasteiger partial charge in [0.25, 0.3) is 0 Å². The van der Waals surface area contributed by atoms with Crippen molar-refractivity contribution < 1.29 is 4.79 Å². The molecule has 4 heteroatoms. The van der Waals surface area contributed by atoms with Gasteiger partial charge in [-0.15, -0.1) is 0 Å². The van der Waals surface area contributed by atoms with E-state index in [2.05, 4.69) is 27.8 Å². The van der Waals surface area contributed by atoms with Crippen LogP contribution in [0.4, 0.5) is 0 Å². The zero-order chi connectivity index (χ0) is 14.5. The van der Waals surface area contributed by atoms with E-state index in [1.165, 1.54) is 36.6 Å². The van der Waals surface area contributed by atoms with Crippen LogP contribution in [-0.4, -0.2) is 30.0 Å². The van der Waals surface area contributed by atoms with Crippen molar-refractivity contribution in [1.82, 2.24) is 15.6 Å². The molecule has 0 spiro atoms. The van der Waals surface area contributed by atoms with Crippen molar-refractivity contribution in [3.8, 4) is 0 Å². The van der Waals surface area contributed by atoms with E-state index in [1.54, 1.807) is 0 Å². The van der Waals surface area contributed by atoms with Crippen molar-refractivity contribution in [2.75, 3.05) is 13.1 Å². The number of H-pyrrole nitrogens is 1. The van der Waals surface area contributed by atoms with E-state index < -0.39 is 0 Å². The fourth-order valence-corrected chi connectivity index (χ4v) is 3.10. The third kappa shape index (κ3) is 3.64. The minimum atomic E-state index is 0.0988. The molecular weight excluding hydrogens is 262 g/mol. The third-order valence-electron chi connectivity index (χ3n) is 4.30. The highest BCUT2D eigenvalue weighted by Crippen LogP contribution is 2.18. The normalized spacial score (nSPS) is 15.6. The minimum Gasteiger partial charge on any atom is -0.361 e. The van der Waals surface area contributed by atoms with Gasteiger partial charge in [-0.05, 0) is 30.9 Å². The maximum atomic E-state index is 11.8. The molecule has 0 aliphatic heterocycles. The smallest absolute Gasteiger partial charge is 0.233 e. The van der Waals surface area contributed by atoms with Crippen LogP contribution in [0.5, 0.6) is 0 Å². The maximum Gasteiger partial charge on any atom is 0.233 e. The molecule has 3 rings (SSSR count). The molecule has 0 unspecified atom stereocenters. The average molecular weight is 285 g/mol. The first kappa shape index (κ1) is 14.1.